The van der Waals surface area contributed by atoms with E-state index in [-0.39, 0.29) is 12.5 Å². The second-order valence-corrected chi connectivity index (χ2v) is 6.94. The fraction of sp³-hybridized carbons (Fsp3) is 0.200. The summed E-state index contributed by atoms with van der Waals surface area (Å²) in [5.41, 5.74) is 2.17. The number of rotatable bonds is 7. The molecular formula is C20H20BrN3O2. The summed E-state index contributed by atoms with van der Waals surface area (Å²) in [5, 5.41) is 4.37. The SMILES string of the molecule is CN(Cc1cnn(Cc2ccccc2)c1)C(=O)COc1cccc(Br)c1. The molecule has 0 atom stereocenters. The van der Waals surface area contributed by atoms with E-state index in [2.05, 4.69) is 33.2 Å². The minimum atomic E-state index is -0.0826. The van der Waals surface area contributed by atoms with Crippen LogP contribution in [-0.4, -0.2) is 34.2 Å². The van der Waals surface area contributed by atoms with Crippen molar-refractivity contribution in [3.8, 4) is 5.75 Å². The zero-order valence-corrected chi connectivity index (χ0v) is 16.1. The topological polar surface area (TPSA) is 47.4 Å². The van der Waals surface area contributed by atoms with Crippen LogP contribution < -0.4 is 4.74 Å². The van der Waals surface area contributed by atoms with Gasteiger partial charge in [0.1, 0.15) is 5.75 Å². The second kappa shape index (κ2) is 8.67. The van der Waals surface area contributed by atoms with E-state index in [9.17, 15) is 4.79 Å². The highest BCUT2D eigenvalue weighted by Crippen LogP contribution is 2.17. The van der Waals surface area contributed by atoms with E-state index in [1.165, 1.54) is 5.56 Å². The quantitative estimate of drug-likeness (QED) is 0.592. The number of likely N-dealkylation sites (N-methyl/N-ethyl adjacent to an activating group) is 1. The molecule has 0 aliphatic carbocycles. The Balaban J connectivity index is 1.51. The summed E-state index contributed by atoms with van der Waals surface area (Å²) in [4.78, 5) is 13.9. The molecule has 0 spiro atoms. The van der Waals surface area contributed by atoms with Crippen molar-refractivity contribution in [2.45, 2.75) is 13.1 Å². The number of carbonyl (C=O) groups excluding carboxylic acids is 1. The van der Waals surface area contributed by atoms with Crippen LogP contribution >= 0.6 is 15.9 Å². The van der Waals surface area contributed by atoms with Gasteiger partial charge in [-0.2, -0.15) is 5.10 Å². The van der Waals surface area contributed by atoms with Crippen molar-refractivity contribution in [2.24, 2.45) is 0 Å². The van der Waals surface area contributed by atoms with Gasteiger partial charge in [0.15, 0.2) is 6.61 Å². The number of aromatic nitrogens is 2. The smallest absolute Gasteiger partial charge is 0.260 e. The highest BCUT2D eigenvalue weighted by molar-refractivity contribution is 9.10. The average Bonchev–Trinajstić information content (AvgIpc) is 3.07. The lowest BCUT2D eigenvalue weighted by Crippen LogP contribution is -2.30. The van der Waals surface area contributed by atoms with E-state index in [0.717, 1.165) is 10.0 Å². The van der Waals surface area contributed by atoms with Crippen LogP contribution in [0.2, 0.25) is 0 Å². The number of halogens is 1. The molecule has 2 aromatic carbocycles. The largest absolute Gasteiger partial charge is 0.484 e. The van der Waals surface area contributed by atoms with E-state index in [4.69, 9.17) is 4.74 Å². The Morgan fingerprint density at radius 1 is 1.15 bits per heavy atom. The van der Waals surface area contributed by atoms with Gasteiger partial charge in [-0.25, -0.2) is 0 Å². The van der Waals surface area contributed by atoms with Gasteiger partial charge in [0, 0.05) is 29.8 Å². The Hall–Kier alpha value is -2.60. The van der Waals surface area contributed by atoms with Gasteiger partial charge < -0.3 is 9.64 Å². The van der Waals surface area contributed by atoms with Crippen molar-refractivity contribution in [3.63, 3.8) is 0 Å². The Morgan fingerprint density at radius 3 is 2.73 bits per heavy atom. The molecule has 0 N–H and O–H groups in total. The fourth-order valence-electron chi connectivity index (χ4n) is 2.52. The predicted octanol–water partition coefficient (Wildman–Crippen LogP) is 3.73. The zero-order valence-electron chi connectivity index (χ0n) is 14.5. The Kier molecular flexibility index (Phi) is 6.07. The Bertz CT molecular complexity index is 864. The van der Waals surface area contributed by atoms with Crippen LogP contribution in [0, 0.1) is 0 Å². The standard InChI is InChI=1S/C20H20BrN3O2/c1-23(20(25)15-26-19-9-5-8-18(21)10-19)12-17-11-22-24(14-17)13-16-6-3-2-4-7-16/h2-11,14H,12-13,15H2,1H3. The van der Waals surface area contributed by atoms with Crippen molar-refractivity contribution in [1.82, 2.24) is 14.7 Å². The van der Waals surface area contributed by atoms with Crippen molar-refractivity contribution in [1.29, 1.82) is 0 Å². The van der Waals surface area contributed by atoms with E-state index in [1.54, 1.807) is 18.1 Å². The second-order valence-electron chi connectivity index (χ2n) is 6.03. The maximum atomic E-state index is 12.3. The maximum Gasteiger partial charge on any atom is 0.260 e. The molecule has 6 heteroatoms. The number of carbonyl (C=O) groups is 1. The molecule has 0 aliphatic rings. The third-order valence-corrected chi connectivity index (χ3v) is 4.37. The molecule has 0 radical (unpaired) electrons. The van der Waals surface area contributed by atoms with Crippen LogP contribution in [0.3, 0.4) is 0 Å². The van der Waals surface area contributed by atoms with Crippen molar-refractivity contribution in [3.05, 3.63) is 82.6 Å². The first kappa shape index (κ1) is 18.2. The summed E-state index contributed by atoms with van der Waals surface area (Å²) in [5.74, 6) is 0.581. The molecule has 0 fully saturated rings. The lowest BCUT2D eigenvalue weighted by atomic mass is 10.2. The number of amides is 1. The van der Waals surface area contributed by atoms with Crippen molar-refractivity contribution >= 4 is 21.8 Å². The molecule has 5 nitrogen and oxygen atoms in total. The maximum absolute atomic E-state index is 12.3. The molecule has 1 amide bonds. The van der Waals surface area contributed by atoms with E-state index in [0.29, 0.717) is 18.8 Å². The Labute approximate surface area is 161 Å². The summed E-state index contributed by atoms with van der Waals surface area (Å²) in [6, 6.07) is 17.6. The third kappa shape index (κ3) is 5.20. The van der Waals surface area contributed by atoms with Gasteiger partial charge in [-0.05, 0) is 23.8 Å². The lowest BCUT2D eigenvalue weighted by molar-refractivity contribution is -0.132. The van der Waals surface area contributed by atoms with E-state index in [1.807, 2.05) is 53.3 Å². The number of benzene rings is 2. The van der Waals surface area contributed by atoms with Gasteiger partial charge in [-0.15, -0.1) is 0 Å². The number of hydrogen-bond donors (Lipinski definition) is 0. The molecule has 0 saturated heterocycles. The summed E-state index contributed by atoms with van der Waals surface area (Å²) < 4.78 is 8.34. The van der Waals surface area contributed by atoms with Gasteiger partial charge in [-0.3, -0.25) is 9.48 Å². The molecule has 3 aromatic rings. The van der Waals surface area contributed by atoms with Gasteiger partial charge in [0.25, 0.3) is 5.91 Å². The molecule has 1 aromatic heterocycles. The van der Waals surface area contributed by atoms with Crippen LogP contribution in [0.4, 0.5) is 0 Å². The third-order valence-electron chi connectivity index (χ3n) is 3.88. The molecular weight excluding hydrogens is 394 g/mol. The fourth-order valence-corrected chi connectivity index (χ4v) is 2.90. The Morgan fingerprint density at radius 2 is 1.96 bits per heavy atom. The van der Waals surface area contributed by atoms with Gasteiger partial charge in [0.2, 0.25) is 0 Å². The minimum Gasteiger partial charge on any atom is -0.484 e. The summed E-state index contributed by atoms with van der Waals surface area (Å²) in [6.07, 6.45) is 3.76. The highest BCUT2D eigenvalue weighted by atomic mass is 79.9. The monoisotopic (exact) mass is 413 g/mol. The van der Waals surface area contributed by atoms with Crippen LogP contribution in [0.25, 0.3) is 0 Å². The molecule has 134 valence electrons. The highest BCUT2D eigenvalue weighted by Gasteiger charge is 2.11. The zero-order chi connectivity index (χ0) is 18.4. The molecule has 26 heavy (non-hydrogen) atoms. The van der Waals surface area contributed by atoms with Gasteiger partial charge in [0.05, 0.1) is 12.7 Å². The molecule has 3 rings (SSSR count). The average molecular weight is 414 g/mol. The number of nitrogens with zero attached hydrogens (tertiary/aromatic N) is 3. The van der Waals surface area contributed by atoms with Gasteiger partial charge in [-0.1, -0.05) is 52.3 Å². The summed E-state index contributed by atoms with van der Waals surface area (Å²) in [7, 11) is 1.77. The molecule has 0 unspecified atom stereocenters. The normalized spacial score (nSPS) is 10.5. The predicted molar refractivity (Wildman–Crippen MR) is 104 cm³/mol. The molecule has 0 aliphatic heterocycles. The number of hydrogen-bond acceptors (Lipinski definition) is 3. The van der Waals surface area contributed by atoms with Crippen LogP contribution in [0.1, 0.15) is 11.1 Å². The first-order valence-electron chi connectivity index (χ1n) is 8.28. The summed E-state index contributed by atoms with van der Waals surface area (Å²) >= 11 is 3.38. The van der Waals surface area contributed by atoms with E-state index >= 15 is 0 Å². The first-order chi connectivity index (χ1) is 12.6. The first-order valence-corrected chi connectivity index (χ1v) is 9.07. The summed E-state index contributed by atoms with van der Waals surface area (Å²) in [6.45, 7) is 1.21. The van der Waals surface area contributed by atoms with Gasteiger partial charge >= 0.3 is 0 Å². The molecule has 1 heterocycles. The molecule has 0 saturated carbocycles. The van der Waals surface area contributed by atoms with Crippen LogP contribution in [-0.2, 0) is 17.9 Å². The van der Waals surface area contributed by atoms with Crippen LogP contribution in [0.5, 0.6) is 5.75 Å². The van der Waals surface area contributed by atoms with Crippen LogP contribution in [0.15, 0.2) is 71.5 Å². The van der Waals surface area contributed by atoms with Crippen molar-refractivity contribution in [2.75, 3.05) is 13.7 Å². The van der Waals surface area contributed by atoms with Crippen molar-refractivity contribution < 1.29 is 9.53 Å². The number of ether oxygens (including phenoxy) is 1. The lowest BCUT2D eigenvalue weighted by Gasteiger charge is -2.16. The van der Waals surface area contributed by atoms with E-state index < -0.39 is 0 Å². The molecule has 0 bridgehead atoms. The minimum absolute atomic E-state index is 0.00507.